The second-order valence-corrected chi connectivity index (χ2v) is 6.64. The van der Waals surface area contributed by atoms with Gasteiger partial charge in [0.05, 0.1) is 5.54 Å². The second-order valence-electron chi connectivity index (χ2n) is 6.64. The van der Waals surface area contributed by atoms with E-state index in [9.17, 15) is 4.79 Å². The van der Waals surface area contributed by atoms with Gasteiger partial charge in [0, 0.05) is 0 Å². The zero-order valence-electron chi connectivity index (χ0n) is 10.8. The summed E-state index contributed by atoms with van der Waals surface area (Å²) >= 11 is 0. The van der Waals surface area contributed by atoms with E-state index in [1.165, 1.54) is 6.42 Å². The first-order valence-electron chi connectivity index (χ1n) is 5.74. The molecule has 1 aliphatic carbocycles. The van der Waals surface area contributed by atoms with Crippen LogP contribution in [0, 0.1) is 16.7 Å². The molecule has 0 radical (unpaired) electrons. The summed E-state index contributed by atoms with van der Waals surface area (Å²) in [6.45, 7) is 13.3. The van der Waals surface area contributed by atoms with E-state index >= 15 is 0 Å². The normalized spacial score (nSPS) is 38.1. The van der Waals surface area contributed by atoms with Gasteiger partial charge in [0.1, 0.15) is 0 Å². The summed E-state index contributed by atoms with van der Waals surface area (Å²) in [4.78, 5) is 14.7. The van der Waals surface area contributed by atoms with Crippen LogP contribution in [0.1, 0.15) is 54.4 Å². The Kier molecular flexibility index (Phi) is 2.86. The van der Waals surface area contributed by atoms with Crippen LogP contribution in [-0.4, -0.2) is 11.6 Å². The average Bonchev–Trinajstić information content (AvgIpc) is 1.99. The van der Waals surface area contributed by atoms with Crippen LogP contribution in [0.15, 0.2) is 4.99 Å². The topological polar surface area (TPSA) is 29.4 Å². The first-order chi connectivity index (χ1) is 6.65. The van der Waals surface area contributed by atoms with Crippen LogP contribution in [-0.2, 0) is 4.79 Å². The summed E-state index contributed by atoms with van der Waals surface area (Å²) < 4.78 is 0. The third-order valence-electron chi connectivity index (χ3n) is 4.59. The number of hydrogen-bond donors (Lipinski definition) is 0. The van der Waals surface area contributed by atoms with Gasteiger partial charge in [-0.2, -0.15) is 4.99 Å². The molecule has 0 heterocycles. The van der Waals surface area contributed by atoms with Crippen LogP contribution in [0.3, 0.4) is 0 Å². The van der Waals surface area contributed by atoms with Crippen molar-refractivity contribution in [3.63, 3.8) is 0 Å². The summed E-state index contributed by atoms with van der Waals surface area (Å²) in [5.41, 5.74) is 0.0693. The molecule has 0 spiro atoms. The van der Waals surface area contributed by atoms with Crippen molar-refractivity contribution >= 4 is 6.08 Å². The molecular formula is C13H23NO. The van der Waals surface area contributed by atoms with Gasteiger partial charge in [-0.25, -0.2) is 4.79 Å². The summed E-state index contributed by atoms with van der Waals surface area (Å²) in [6.07, 6.45) is 3.93. The van der Waals surface area contributed by atoms with E-state index in [-0.39, 0.29) is 16.4 Å². The van der Waals surface area contributed by atoms with Crippen LogP contribution < -0.4 is 0 Å². The highest BCUT2D eigenvalue weighted by atomic mass is 16.1. The summed E-state index contributed by atoms with van der Waals surface area (Å²) in [5.74, 6) is 0.573. The first-order valence-corrected chi connectivity index (χ1v) is 5.74. The van der Waals surface area contributed by atoms with E-state index in [1.807, 2.05) is 0 Å². The molecule has 86 valence electrons. The molecule has 1 rings (SSSR count). The predicted octanol–water partition coefficient (Wildman–Crippen LogP) is 3.56. The molecule has 1 fully saturated rings. The van der Waals surface area contributed by atoms with E-state index in [2.05, 4.69) is 46.5 Å². The Morgan fingerprint density at radius 2 is 1.73 bits per heavy atom. The summed E-state index contributed by atoms with van der Waals surface area (Å²) in [7, 11) is 0. The van der Waals surface area contributed by atoms with E-state index in [1.54, 1.807) is 6.08 Å². The van der Waals surface area contributed by atoms with Crippen LogP contribution in [0.25, 0.3) is 0 Å². The lowest BCUT2D eigenvalue weighted by atomic mass is 9.53. The van der Waals surface area contributed by atoms with Crippen LogP contribution in [0.2, 0.25) is 0 Å². The smallest absolute Gasteiger partial charge is 0.211 e. The molecule has 2 atom stereocenters. The van der Waals surface area contributed by atoms with Crippen molar-refractivity contribution < 1.29 is 4.79 Å². The fourth-order valence-electron chi connectivity index (χ4n) is 3.13. The van der Waals surface area contributed by atoms with Gasteiger partial charge >= 0.3 is 0 Å². The van der Waals surface area contributed by atoms with Crippen molar-refractivity contribution in [2.24, 2.45) is 21.7 Å². The Morgan fingerprint density at radius 1 is 1.20 bits per heavy atom. The monoisotopic (exact) mass is 209 g/mol. The third kappa shape index (κ3) is 2.01. The molecule has 0 aromatic rings. The van der Waals surface area contributed by atoms with Crippen molar-refractivity contribution in [1.82, 2.24) is 0 Å². The van der Waals surface area contributed by atoms with Crippen molar-refractivity contribution in [2.75, 3.05) is 0 Å². The van der Waals surface area contributed by atoms with Gasteiger partial charge in [0.25, 0.3) is 0 Å². The molecule has 0 amide bonds. The second kappa shape index (κ2) is 3.45. The molecule has 0 aromatic carbocycles. The molecular weight excluding hydrogens is 186 g/mol. The first kappa shape index (κ1) is 12.4. The van der Waals surface area contributed by atoms with Gasteiger partial charge in [-0.1, -0.05) is 34.6 Å². The maximum atomic E-state index is 10.6. The highest BCUT2D eigenvalue weighted by Crippen LogP contribution is 2.55. The zero-order valence-corrected chi connectivity index (χ0v) is 10.8. The third-order valence-corrected chi connectivity index (χ3v) is 4.59. The SMILES string of the molecule is CC1CC(C)(C)CC(C)(N=C=O)C1(C)C. The molecule has 2 heteroatoms. The quantitative estimate of drug-likeness (QED) is 0.479. The van der Waals surface area contributed by atoms with E-state index in [4.69, 9.17) is 0 Å². The van der Waals surface area contributed by atoms with Crippen LogP contribution in [0.5, 0.6) is 0 Å². The molecule has 1 saturated carbocycles. The minimum absolute atomic E-state index is 0.0694. The maximum Gasteiger partial charge on any atom is 0.235 e. The molecule has 2 unspecified atom stereocenters. The average molecular weight is 209 g/mol. The van der Waals surface area contributed by atoms with E-state index in [0.717, 1.165) is 6.42 Å². The Morgan fingerprint density at radius 3 is 2.20 bits per heavy atom. The van der Waals surface area contributed by atoms with Gasteiger partial charge in [-0.15, -0.1) is 0 Å². The molecule has 0 aromatic heterocycles. The van der Waals surface area contributed by atoms with E-state index in [0.29, 0.717) is 5.92 Å². The van der Waals surface area contributed by atoms with Crippen molar-refractivity contribution in [3.05, 3.63) is 0 Å². The van der Waals surface area contributed by atoms with Gasteiger partial charge in [0.2, 0.25) is 6.08 Å². The molecule has 0 bridgehead atoms. The number of aliphatic imine (C=N–C) groups is 1. The number of carbonyl (C=O) groups excluding carboxylic acids is 1. The molecule has 0 aliphatic heterocycles. The molecule has 0 saturated heterocycles. The highest BCUT2D eigenvalue weighted by molar-refractivity contribution is 5.36. The standard InChI is InChI=1S/C13H23NO/c1-10-7-11(2,3)8-13(6,14-9-15)12(10,4)5/h10H,7-8H2,1-6H3. The Hall–Kier alpha value is -0.620. The minimum atomic E-state index is -0.268. The lowest BCUT2D eigenvalue weighted by molar-refractivity contribution is -0.0108. The number of rotatable bonds is 1. The highest BCUT2D eigenvalue weighted by Gasteiger charge is 2.52. The Labute approximate surface area is 93.2 Å². The van der Waals surface area contributed by atoms with Gasteiger partial charge in [-0.3, -0.25) is 0 Å². The largest absolute Gasteiger partial charge is 0.235 e. The van der Waals surface area contributed by atoms with Gasteiger partial charge in [0.15, 0.2) is 0 Å². The Bertz CT molecular complexity index is 300. The molecule has 2 nitrogen and oxygen atoms in total. The Balaban J connectivity index is 3.16. The van der Waals surface area contributed by atoms with Crippen molar-refractivity contribution in [3.8, 4) is 0 Å². The number of isocyanates is 1. The summed E-state index contributed by atoms with van der Waals surface area (Å²) in [5, 5.41) is 0. The number of hydrogen-bond acceptors (Lipinski definition) is 2. The van der Waals surface area contributed by atoms with Crippen molar-refractivity contribution in [1.29, 1.82) is 0 Å². The molecule has 1 aliphatic rings. The lowest BCUT2D eigenvalue weighted by Gasteiger charge is -2.54. The van der Waals surface area contributed by atoms with Gasteiger partial charge in [-0.05, 0) is 36.5 Å². The maximum absolute atomic E-state index is 10.6. The fourth-order valence-corrected chi connectivity index (χ4v) is 3.13. The molecule has 0 N–H and O–H groups in total. The summed E-state index contributed by atoms with van der Waals surface area (Å²) in [6, 6.07) is 0. The van der Waals surface area contributed by atoms with Crippen LogP contribution >= 0.6 is 0 Å². The minimum Gasteiger partial charge on any atom is -0.211 e. The van der Waals surface area contributed by atoms with Gasteiger partial charge < -0.3 is 0 Å². The molecule has 15 heavy (non-hydrogen) atoms. The predicted molar refractivity (Wildman–Crippen MR) is 62.5 cm³/mol. The zero-order chi connectivity index (χ0) is 11.9. The van der Waals surface area contributed by atoms with E-state index < -0.39 is 0 Å². The number of nitrogens with zero attached hydrogens (tertiary/aromatic N) is 1. The van der Waals surface area contributed by atoms with Crippen LogP contribution in [0.4, 0.5) is 0 Å². The fraction of sp³-hybridized carbons (Fsp3) is 0.923. The lowest BCUT2D eigenvalue weighted by Crippen LogP contribution is -2.52. The van der Waals surface area contributed by atoms with Crippen molar-refractivity contribution in [2.45, 2.75) is 59.9 Å².